The summed E-state index contributed by atoms with van der Waals surface area (Å²) in [6, 6.07) is 13.6. The number of amides is 1. The normalized spacial score (nSPS) is 11.6. The molecule has 1 atom stereocenters. The molecule has 1 unspecified atom stereocenters. The lowest BCUT2D eigenvalue weighted by Crippen LogP contribution is -2.39. The first-order chi connectivity index (χ1) is 11.0. The van der Waals surface area contributed by atoms with Crippen molar-refractivity contribution in [3.63, 3.8) is 0 Å². The number of hydrogen-bond acceptors (Lipinski definition) is 4. The number of aryl methyl sites for hydroxylation is 1. The van der Waals surface area contributed by atoms with Crippen molar-refractivity contribution in [3.05, 3.63) is 69.8 Å². The Kier molecular flexibility index (Phi) is 5.30. The minimum atomic E-state index is -0.594. The summed E-state index contributed by atoms with van der Waals surface area (Å²) in [5.74, 6) is -0.219. The summed E-state index contributed by atoms with van der Waals surface area (Å²) in [4.78, 5) is 22.8. The maximum absolute atomic E-state index is 12.1. The number of nitro benzene ring substituents is 1. The molecule has 0 heterocycles. The highest BCUT2D eigenvalue weighted by Gasteiger charge is 2.21. The lowest BCUT2D eigenvalue weighted by atomic mass is 10.0. The lowest BCUT2D eigenvalue weighted by Gasteiger charge is -2.18. The van der Waals surface area contributed by atoms with Gasteiger partial charge in [0.1, 0.15) is 11.7 Å². The van der Waals surface area contributed by atoms with Crippen molar-refractivity contribution >= 4 is 17.3 Å². The highest BCUT2D eigenvalue weighted by Crippen LogP contribution is 2.24. The fourth-order valence-corrected chi connectivity index (χ4v) is 2.29. The van der Waals surface area contributed by atoms with Gasteiger partial charge in [0.05, 0.1) is 4.92 Å². The van der Waals surface area contributed by atoms with Crippen LogP contribution in [0.5, 0.6) is 0 Å². The number of rotatable bonds is 6. The predicted molar refractivity (Wildman–Crippen MR) is 89.5 cm³/mol. The second-order valence-corrected chi connectivity index (χ2v) is 5.28. The van der Waals surface area contributed by atoms with Crippen LogP contribution >= 0.6 is 0 Å². The molecule has 2 rings (SSSR count). The molecule has 6 heteroatoms. The van der Waals surface area contributed by atoms with Gasteiger partial charge in [-0.15, -0.1) is 0 Å². The standard InChI is InChI=1S/C17H19N3O3/c1-12-7-9-13(10-8-12)11-15(17(21)18-2)19-14-5-3-4-6-16(14)20(22)23/h3-10,15,19H,11H2,1-2H3,(H,18,21). The van der Waals surface area contributed by atoms with Gasteiger partial charge in [-0.1, -0.05) is 42.0 Å². The van der Waals surface area contributed by atoms with Crippen molar-refractivity contribution in [1.82, 2.24) is 5.32 Å². The van der Waals surface area contributed by atoms with E-state index in [2.05, 4.69) is 10.6 Å². The number of carbonyl (C=O) groups excluding carboxylic acids is 1. The number of anilines is 1. The molecule has 0 fully saturated rings. The van der Waals surface area contributed by atoms with E-state index in [1.54, 1.807) is 25.2 Å². The molecule has 0 radical (unpaired) electrons. The Morgan fingerprint density at radius 2 is 1.83 bits per heavy atom. The maximum atomic E-state index is 12.1. The van der Waals surface area contributed by atoms with Crippen LogP contribution in [0.2, 0.25) is 0 Å². The summed E-state index contributed by atoms with van der Waals surface area (Å²) in [5, 5.41) is 16.7. The van der Waals surface area contributed by atoms with Crippen LogP contribution in [0.1, 0.15) is 11.1 Å². The quantitative estimate of drug-likeness (QED) is 0.634. The van der Waals surface area contributed by atoms with Gasteiger partial charge in [0.25, 0.3) is 5.69 Å². The van der Waals surface area contributed by atoms with Crippen LogP contribution in [0.25, 0.3) is 0 Å². The van der Waals surface area contributed by atoms with Gasteiger partial charge in [-0.2, -0.15) is 0 Å². The third-order valence-electron chi connectivity index (χ3n) is 3.55. The van der Waals surface area contributed by atoms with Gasteiger partial charge in [0.2, 0.25) is 5.91 Å². The first kappa shape index (κ1) is 16.5. The van der Waals surface area contributed by atoms with Crippen LogP contribution < -0.4 is 10.6 Å². The molecule has 120 valence electrons. The summed E-state index contributed by atoms with van der Waals surface area (Å²) in [5.41, 5.74) is 2.40. The van der Waals surface area contributed by atoms with E-state index in [1.165, 1.54) is 6.07 Å². The van der Waals surface area contributed by atoms with Gasteiger partial charge in [-0.25, -0.2) is 0 Å². The number of likely N-dealkylation sites (N-methyl/N-ethyl adjacent to an activating group) is 1. The molecule has 0 bridgehead atoms. The third-order valence-corrected chi connectivity index (χ3v) is 3.55. The van der Waals surface area contributed by atoms with Crippen molar-refractivity contribution in [2.24, 2.45) is 0 Å². The van der Waals surface area contributed by atoms with Crippen molar-refractivity contribution in [2.75, 3.05) is 12.4 Å². The number of carbonyl (C=O) groups is 1. The molecular formula is C17H19N3O3. The third kappa shape index (κ3) is 4.29. The van der Waals surface area contributed by atoms with Gasteiger partial charge in [0.15, 0.2) is 0 Å². The van der Waals surface area contributed by atoms with Gasteiger partial charge in [-0.05, 0) is 18.6 Å². The lowest BCUT2D eigenvalue weighted by molar-refractivity contribution is -0.384. The van der Waals surface area contributed by atoms with Crippen molar-refractivity contribution < 1.29 is 9.72 Å². The average Bonchev–Trinajstić information content (AvgIpc) is 2.55. The number of hydrogen-bond donors (Lipinski definition) is 2. The molecule has 2 N–H and O–H groups in total. The van der Waals surface area contributed by atoms with E-state index in [1.807, 2.05) is 31.2 Å². The molecule has 0 aliphatic heterocycles. The van der Waals surface area contributed by atoms with Gasteiger partial charge >= 0.3 is 0 Å². The Hall–Kier alpha value is -2.89. The minimum Gasteiger partial charge on any atom is -0.368 e. The minimum absolute atomic E-state index is 0.0506. The zero-order chi connectivity index (χ0) is 16.8. The smallest absolute Gasteiger partial charge is 0.292 e. The predicted octanol–water partition coefficient (Wildman–Crippen LogP) is 2.67. The van der Waals surface area contributed by atoms with Crippen molar-refractivity contribution in [1.29, 1.82) is 0 Å². The Morgan fingerprint density at radius 1 is 1.17 bits per heavy atom. The van der Waals surface area contributed by atoms with Crippen LogP contribution in [-0.4, -0.2) is 23.9 Å². The van der Waals surface area contributed by atoms with Crippen LogP contribution in [0.4, 0.5) is 11.4 Å². The molecule has 0 aliphatic rings. The Bertz CT molecular complexity index is 698. The molecule has 0 spiro atoms. The summed E-state index contributed by atoms with van der Waals surface area (Å²) in [7, 11) is 1.55. The van der Waals surface area contributed by atoms with E-state index in [0.717, 1.165) is 11.1 Å². The van der Waals surface area contributed by atoms with E-state index in [4.69, 9.17) is 0 Å². The van der Waals surface area contributed by atoms with E-state index in [9.17, 15) is 14.9 Å². The monoisotopic (exact) mass is 313 g/mol. The number of para-hydroxylation sites is 2. The van der Waals surface area contributed by atoms with Crippen molar-refractivity contribution in [2.45, 2.75) is 19.4 Å². The highest BCUT2D eigenvalue weighted by atomic mass is 16.6. The average molecular weight is 313 g/mol. The molecule has 0 saturated heterocycles. The molecule has 0 saturated carbocycles. The number of nitro groups is 1. The van der Waals surface area contributed by atoms with Gasteiger partial charge in [-0.3, -0.25) is 14.9 Å². The molecule has 2 aromatic rings. The summed E-state index contributed by atoms with van der Waals surface area (Å²) in [6.07, 6.45) is 0.437. The number of benzene rings is 2. The molecule has 0 aromatic heterocycles. The van der Waals surface area contributed by atoms with Crippen molar-refractivity contribution in [3.8, 4) is 0 Å². The Balaban J connectivity index is 2.24. The Morgan fingerprint density at radius 3 is 2.43 bits per heavy atom. The zero-order valence-electron chi connectivity index (χ0n) is 13.1. The fraction of sp³-hybridized carbons (Fsp3) is 0.235. The second kappa shape index (κ2) is 7.40. The fourth-order valence-electron chi connectivity index (χ4n) is 2.29. The molecule has 1 amide bonds. The summed E-state index contributed by atoms with van der Waals surface area (Å²) >= 11 is 0. The summed E-state index contributed by atoms with van der Waals surface area (Å²) < 4.78 is 0. The molecule has 0 aliphatic carbocycles. The molecule has 23 heavy (non-hydrogen) atoms. The largest absolute Gasteiger partial charge is 0.368 e. The highest BCUT2D eigenvalue weighted by molar-refractivity contribution is 5.85. The van der Waals surface area contributed by atoms with E-state index in [0.29, 0.717) is 12.1 Å². The molecular weight excluding hydrogens is 294 g/mol. The SMILES string of the molecule is CNC(=O)C(Cc1ccc(C)cc1)Nc1ccccc1[N+](=O)[O-]. The maximum Gasteiger partial charge on any atom is 0.292 e. The van der Waals surface area contributed by atoms with Gasteiger partial charge < -0.3 is 10.6 Å². The van der Waals surface area contributed by atoms with Crippen LogP contribution in [0.3, 0.4) is 0 Å². The first-order valence-electron chi connectivity index (χ1n) is 7.28. The zero-order valence-corrected chi connectivity index (χ0v) is 13.1. The van der Waals surface area contributed by atoms with Crippen LogP contribution in [0, 0.1) is 17.0 Å². The number of nitrogens with one attached hydrogen (secondary N) is 2. The van der Waals surface area contributed by atoms with E-state index < -0.39 is 11.0 Å². The topological polar surface area (TPSA) is 84.3 Å². The van der Waals surface area contributed by atoms with Crippen LogP contribution in [-0.2, 0) is 11.2 Å². The first-order valence-corrected chi connectivity index (χ1v) is 7.28. The summed E-state index contributed by atoms with van der Waals surface area (Å²) in [6.45, 7) is 1.99. The number of nitrogens with zero attached hydrogens (tertiary/aromatic N) is 1. The Labute approximate surface area is 134 Å². The van der Waals surface area contributed by atoms with E-state index >= 15 is 0 Å². The molecule has 6 nitrogen and oxygen atoms in total. The second-order valence-electron chi connectivity index (χ2n) is 5.28. The van der Waals surface area contributed by atoms with Gasteiger partial charge in [0, 0.05) is 19.5 Å². The van der Waals surface area contributed by atoms with E-state index in [-0.39, 0.29) is 11.6 Å². The van der Waals surface area contributed by atoms with Crippen LogP contribution in [0.15, 0.2) is 48.5 Å². The molecule has 2 aromatic carbocycles.